The summed E-state index contributed by atoms with van der Waals surface area (Å²) >= 11 is 0. The monoisotopic (exact) mass is 256 g/mol. The first kappa shape index (κ1) is 13.5. The Bertz CT molecular complexity index is 532. The Labute approximate surface area is 114 Å². The predicted molar refractivity (Wildman–Crippen MR) is 78.4 cm³/mol. The van der Waals surface area contributed by atoms with Crippen molar-refractivity contribution in [3.8, 4) is 22.6 Å². The molecule has 2 rings (SSSR count). The third kappa shape index (κ3) is 3.08. The lowest BCUT2D eigenvalue weighted by Crippen LogP contribution is -1.90. The van der Waals surface area contributed by atoms with Crippen molar-refractivity contribution < 1.29 is 10.2 Å². The van der Waals surface area contributed by atoms with Gasteiger partial charge in [0.15, 0.2) is 0 Å². The molecule has 0 unspecified atom stereocenters. The molecule has 0 aliphatic carbocycles. The maximum absolute atomic E-state index is 10.4. The van der Waals surface area contributed by atoms with Crippen molar-refractivity contribution in [1.29, 1.82) is 0 Å². The van der Waals surface area contributed by atoms with Gasteiger partial charge in [-0.3, -0.25) is 0 Å². The highest BCUT2D eigenvalue weighted by molar-refractivity contribution is 5.73. The highest BCUT2D eigenvalue weighted by atomic mass is 16.3. The summed E-state index contributed by atoms with van der Waals surface area (Å²) in [5.41, 5.74) is 2.41. The van der Waals surface area contributed by atoms with Gasteiger partial charge in [-0.25, -0.2) is 0 Å². The lowest BCUT2D eigenvalue weighted by molar-refractivity contribution is 0.437. The third-order valence-corrected chi connectivity index (χ3v) is 3.37. The summed E-state index contributed by atoms with van der Waals surface area (Å²) in [5, 5.41) is 20.3. The molecule has 0 atom stereocenters. The average molecular weight is 256 g/mol. The molecule has 2 N–H and O–H groups in total. The van der Waals surface area contributed by atoms with Gasteiger partial charge in [0.2, 0.25) is 0 Å². The van der Waals surface area contributed by atoms with Gasteiger partial charge in [0.25, 0.3) is 0 Å². The SMILES string of the molecule is CCCCCc1c(O)ccc(-c2ccccc2)c1O. The number of benzene rings is 2. The van der Waals surface area contributed by atoms with Gasteiger partial charge in [-0.1, -0.05) is 50.1 Å². The summed E-state index contributed by atoms with van der Waals surface area (Å²) in [6, 6.07) is 13.2. The van der Waals surface area contributed by atoms with Crippen molar-refractivity contribution in [2.75, 3.05) is 0 Å². The molecule has 0 aromatic heterocycles. The third-order valence-electron chi connectivity index (χ3n) is 3.37. The van der Waals surface area contributed by atoms with Gasteiger partial charge in [-0.05, 0) is 30.5 Å². The molecule has 0 bridgehead atoms. The van der Waals surface area contributed by atoms with E-state index in [1.807, 2.05) is 30.3 Å². The van der Waals surface area contributed by atoms with E-state index in [1.54, 1.807) is 12.1 Å². The first-order valence-corrected chi connectivity index (χ1v) is 6.83. The first-order valence-electron chi connectivity index (χ1n) is 6.83. The van der Waals surface area contributed by atoms with Crippen molar-refractivity contribution in [2.24, 2.45) is 0 Å². The van der Waals surface area contributed by atoms with Crippen molar-refractivity contribution in [2.45, 2.75) is 32.6 Å². The standard InChI is InChI=1S/C17H20O2/c1-2-3-5-10-15-16(18)12-11-14(17(15)19)13-8-6-4-7-9-13/h4,6-9,11-12,18-19H,2-3,5,10H2,1H3. The van der Waals surface area contributed by atoms with Gasteiger partial charge in [0, 0.05) is 11.1 Å². The molecule has 0 saturated heterocycles. The summed E-state index contributed by atoms with van der Waals surface area (Å²) < 4.78 is 0. The molecule has 0 saturated carbocycles. The van der Waals surface area contributed by atoms with Crippen LogP contribution in [0.1, 0.15) is 31.7 Å². The molecular weight excluding hydrogens is 236 g/mol. The summed E-state index contributed by atoms with van der Waals surface area (Å²) in [6.07, 6.45) is 3.93. The smallest absolute Gasteiger partial charge is 0.130 e. The van der Waals surface area contributed by atoms with E-state index in [0.717, 1.165) is 30.4 Å². The minimum Gasteiger partial charge on any atom is -0.508 e. The highest BCUT2D eigenvalue weighted by Crippen LogP contribution is 2.37. The van der Waals surface area contributed by atoms with Crippen LogP contribution in [0.2, 0.25) is 0 Å². The molecule has 0 spiro atoms. The highest BCUT2D eigenvalue weighted by Gasteiger charge is 2.12. The predicted octanol–water partition coefficient (Wildman–Crippen LogP) is 4.50. The fourth-order valence-electron chi connectivity index (χ4n) is 2.27. The van der Waals surface area contributed by atoms with Crippen LogP contribution in [0.3, 0.4) is 0 Å². The average Bonchev–Trinajstić information content (AvgIpc) is 2.43. The molecule has 0 amide bonds. The second-order valence-electron chi connectivity index (χ2n) is 4.78. The van der Waals surface area contributed by atoms with Crippen LogP contribution in [0.4, 0.5) is 0 Å². The Morgan fingerprint density at radius 3 is 2.32 bits per heavy atom. The van der Waals surface area contributed by atoms with E-state index >= 15 is 0 Å². The quantitative estimate of drug-likeness (QED) is 0.773. The van der Waals surface area contributed by atoms with Crippen LogP contribution < -0.4 is 0 Å². The second kappa shape index (κ2) is 6.28. The molecule has 0 fully saturated rings. The van der Waals surface area contributed by atoms with Crippen LogP contribution in [0, 0.1) is 0 Å². The lowest BCUT2D eigenvalue weighted by Gasteiger charge is -2.12. The van der Waals surface area contributed by atoms with E-state index in [9.17, 15) is 10.2 Å². The van der Waals surface area contributed by atoms with Crippen molar-refractivity contribution >= 4 is 0 Å². The zero-order valence-electron chi connectivity index (χ0n) is 11.3. The maximum atomic E-state index is 10.4. The summed E-state index contributed by atoms with van der Waals surface area (Å²) in [7, 11) is 0. The Kier molecular flexibility index (Phi) is 4.45. The molecule has 2 nitrogen and oxygen atoms in total. The van der Waals surface area contributed by atoms with Crippen LogP contribution in [-0.2, 0) is 6.42 Å². The van der Waals surface area contributed by atoms with Gasteiger partial charge in [0.1, 0.15) is 11.5 Å². The number of unbranched alkanes of at least 4 members (excludes halogenated alkanes) is 2. The molecule has 0 radical (unpaired) electrons. The van der Waals surface area contributed by atoms with Crippen molar-refractivity contribution in [1.82, 2.24) is 0 Å². The molecule has 19 heavy (non-hydrogen) atoms. The molecule has 2 aromatic rings. The molecule has 0 aliphatic rings. The van der Waals surface area contributed by atoms with Crippen LogP contribution in [-0.4, -0.2) is 10.2 Å². The van der Waals surface area contributed by atoms with Gasteiger partial charge >= 0.3 is 0 Å². The Morgan fingerprint density at radius 1 is 0.895 bits per heavy atom. The molecule has 0 aliphatic heterocycles. The fourth-order valence-corrected chi connectivity index (χ4v) is 2.27. The van der Waals surface area contributed by atoms with Crippen LogP contribution in [0.25, 0.3) is 11.1 Å². The number of phenols is 2. The van der Waals surface area contributed by atoms with E-state index < -0.39 is 0 Å². The molecule has 2 heteroatoms. The summed E-state index contributed by atoms with van der Waals surface area (Å²) in [4.78, 5) is 0. The van der Waals surface area contributed by atoms with E-state index in [0.29, 0.717) is 12.0 Å². The normalized spacial score (nSPS) is 10.6. The first-order chi connectivity index (χ1) is 9.24. The molecular formula is C17H20O2. The Hall–Kier alpha value is -1.96. The summed E-state index contributed by atoms with van der Waals surface area (Å²) in [6.45, 7) is 2.14. The van der Waals surface area contributed by atoms with Gasteiger partial charge in [-0.15, -0.1) is 0 Å². The van der Waals surface area contributed by atoms with Crippen molar-refractivity contribution in [3.05, 3.63) is 48.0 Å². The van der Waals surface area contributed by atoms with Gasteiger partial charge < -0.3 is 10.2 Å². The number of hydrogen-bond acceptors (Lipinski definition) is 2. The minimum atomic E-state index is 0.188. The van der Waals surface area contributed by atoms with Crippen LogP contribution in [0.5, 0.6) is 11.5 Å². The Balaban J connectivity index is 2.34. The van der Waals surface area contributed by atoms with E-state index in [1.165, 1.54) is 0 Å². The molecule has 100 valence electrons. The maximum Gasteiger partial charge on any atom is 0.130 e. The van der Waals surface area contributed by atoms with Gasteiger partial charge in [-0.2, -0.15) is 0 Å². The second-order valence-corrected chi connectivity index (χ2v) is 4.78. The van der Waals surface area contributed by atoms with E-state index in [2.05, 4.69) is 6.92 Å². The fraction of sp³-hybridized carbons (Fsp3) is 0.294. The Morgan fingerprint density at radius 2 is 1.63 bits per heavy atom. The number of rotatable bonds is 5. The summed E-state index contributed by atoms with van der Waals surface area (Å²) in [5.74, 6) is 0.399. The molecule has 2 aromatic carbocycles. The topological polar surface area (TPSA) is 40.5 Å². The number of phenolic OH excluding ortho intramolecular Hbond substituents is 2. The largest absolute Gasteiger partial charge is 0.508 e. The lowest BCUT2D eigenvalue weighted by atomic mass is 9.97. The zero-order valence-corrected chi connectivity index (χ0v) is 11.3. The van der Waals surface area contributed by atoms with Gasteiger partial charge in [0.05, 0.1) is 0 Å². The number of hydrogen-bond donors (Lipinski definition) is 2. The number of aromatic hydroxyl groups is 2. The molecule has 0 heterocycles. The zero-order chi connectivity index (χ0) is 13.7. The van der Waals surface area contributed by atoms with E-state index in [-0.39, 0.29) is 11.5 Å². The minimum absolute atomic E-state index is 0.188. The van der Waals surface area contributed by atoms with E-state index in [4.69, 9.17) is 0 Å². The van der Waals surface area contributed by atoms with Crippen LogP contribution in [0.15, 0.2) is 42.5 Å². The van der Waals surface area contributed by atoms with Crippen LogP contribution >= 0.6 is 0 Å². The van der Waals surface area contributed by atoms with Crippen molar-refractivity contribution in [3.63, 3.8) is 0 Å².